The number of nitrogens with one attached hydrogen (secondary N) is 2. The van der Waals surface area contributed by atoms with Crippen molar-refractivity contribution in [2.24, 2.45) is 0 Å². The Kier molecular flexibility index (Phi) is 5.71. The maximum atomic E-state index is 5.60. The van der Waals surface area contributed by atoms with Crippen molar-refractivity contribution in [1.29, 1.82) is 0 Å². The molecule has 1 aliphatic rings. The number of nitrogens with zero attached hydrogens (tertiary/aromatic N) is 4. The van der Waals surface area contributed by atoms with Crippen molar-refractivity contribution < 1.29 is 9.47 Å². The van der Waals surface area contributed by atoms with Gasteiger partial charge in [0.25, 0.3) is 0 Å². The Morgan fingerprint density at radius 1 is 1.07 bits per heavy atom. The fraction of sp³-hybridized carbons (Fsp3) is 0.286. The van der Waals surface area contributed by atoms with Crippen LogP contribution >= 0.6 is 0 Å². The molecule has 0 atom stereocenters. The van der Waals surface area contributed by atoms with Crippen LogP contribution in [0.3, 0.4) is 0 Å². The number of rotatable bonds is 6. The van der Waals surface area contributed by atoms with E-state index >= 15 is 0 Å². The smallest absolute Gasteiger partial charge is 0.229 e. The molecule has 150 valence electrons. The number of benzene rings is 1. The van der Waals surface area contributed by atoms with E-state index in [1.54, 1.807) is 19.5 Å². The number of hydrogen-bond acceptors (Lipinski definition) is 8. The van der Waals surface area contributed by atoms with Gasteiger partial charge in [-0.3, -0.25) is 0 Å². The molecule has 1 aliphatic heterocycles. The first-order valence-corrected chi connectivity index (χ1v) is 9.52. The molecule has 29 heavy (non-hydrogen) atoms. The predicted molar refractivity (Wildman–Crippen MR) is 114 cm³/mol. The third-order valence-electron chi connectivity index (χ3n) is 4.69. The summed E-state index contributed by atoms with van der Waals surface area (Å²) >= 11 is 0. The van der Waals surface area contributed by atoms with Crippen LogP contribution in [0.25, 0.3) is 0 Å². The number of methoxy groups -OCH3 is 1. The Bertz CT molecular complexity index is 961. The monoisotopic (exact) mass is 392 g/mol. The Labute approximate surface area is 169 Å². The fourth-order valence-electron chi connectivity index (χ4n) is 3.11. The summed E-state index contributed by atoms with van der Waals surface area (Å²) in [5, 5.41) is 6.48. The first-order chi connectivity index (χ1) is 14.2. The van der Waals surface area contributed by atoms with E-state index < -0.39 is 0 Å². The van der Waals surface area contributed by atoms with Crippen molar-refractivity contribution in [3.63, 3.8) is 0 Å². The number of aromatic nitrogens is 3. The van der Waals surface area contributed by atoms with Crippen molar-refractivity contribution in [3.05, 3.63) is 54.4 Å². The number of aryl methyl sites for hydroxylation is 1. The van der Waals surface area contributed by atoms with Gasteiger partial charge in [0.2, 0.25) is 5.95 Å². The van der Waals surface area contributed by atoms with Crippen LogP contribution in [-0.4, -0.2) is 48.4 Å². The second-order valence-corrected chi connectivity index (χ2v) is 6.67. The average molecular weight is 392 g/mol. The number of pyridine rings is 1. The van der Waals surface area contributed by atoms with Crippen molar-refractivity contribution in [2.45, 2.75) is 6.92 Å². The summed E-state index contributed by atoms with van der Waals surface area (Å²) < 4.78 is 11.0. The zero-order valence-electron chi connectivity index (χ0n) is 16.6. The van der Waals surface area contributed by atoms with Crippen molar-refractivity contribution in [3.8, 4) is 5.75 Å². The number of anilines is 5. The van der Waals surface area contributed by atoms with Gasteiger partial charge in [0.05, 0.1) is 26.0 Å². The van der Waals surface area contributed by atoms with E-state index in [0.717, 1.165) is 54.8 Å². The molecular formula is C21H24N6O2. The second-order valence-electron chi connectivity index (χ2n) is 6.67. The van der Waals surface area contributed by atoms with Crippen molar-refractivity contribution in [2.75, 3.05) is 48.9 Å². The summed E-state index contributed by atoms with van der Waals surface area (Å²) in [6.07, 6.45) is 3.51. The summed E-state index contributed by atoms with van der Waals surface area (Å²) in [5.41, 5.74) is 2.84. The Morgan fingerprint density at radius 3 is 2.69 bits per heavy atom. The van der Waals surface area contributed by atoms with Crippen LogP contribution in [0.5, 0.6) is 5.75 Å². The largest absolute Gasteiger partial charge is 0.494 e. The molecule has 2 N–H and O–H groups in total. The molecule has 0 radical (unpaired) electrons. The van der Waals surface area contributed by atoms with E-state index in [-0.39, 0.29) is 0 Å². The highest BCUT2D eigenvalue weighted by molar-refractivity contribution is 5.69. The minimum Gasteiger partial charge on any atom is -0.494 e. The lowest BCUT2D eigenvalue weighted by Crippen LogP contribution is -2.36. The van der Waals surface area contributed by atoms with Gasteiger partial charge in [-0.05, 0) is 31.2 Å². The minimum absolute atomic E-state index is 0.478. The molecule has 1 aromatic carbocycles. The van der Waals surface area contributed by atoms with Gasteiger partial charge in [0.15, 0.2) is 0 Å². The van der Waals surface area contributed by atoms with Crippen LogP contribution < -0.4 is 20.3 Å². The van der Waals surface area contributed by atoms with E-state index in [1.165, 1.54) is 0 Å². The SMILES string of the molecule is COc1cc(N2CCOCC2)ccc1Nc1ncc(C)c(Nc2ccccn2)n1. The third-order valence-corrected chi connectivity index (χ3v) is 4.69. The van der Waals surface area contributed by atoms with Gasteiger partial charge in [0, 0.05) is 42.8 Å². The summed E-state index contributed by atoms with van der Waals surface area (Å²) in [6, 6.07) is 11.8. The van der Waals surface area contributed by atoms with Gasteiger partial charge < -0.3 is 25.0 Å². The fourth-order valence-corrected chi connectivity index (χ4v) is 3.11. The number of hydrogen-bond donors (Lipinski definition) is 2. The maximum absolute atomic E-state index is 5.60. The average Bonchev–Trinajstić information content (AvgIpc) is 2.77. The highest BCUT2D eigenvalue weighted by Crippen LogP contribution is 2.32. The van der Waals surface area contributed by atoms with E-state index in [0.29, 0.717) is 11.8 Å². The maximum Gasteiger partial charge on any atom is 0.229 e. The lowest BCUT2D eigenvalue weighted by molar-refractivity contribution is 0.122. The van der Waals surface area contributed by atoms with Crippen LogP contribution in [0, 0.1) is 6.92 Å². The first kappa shape index (κ1) is 18.9. The molecule has 1 saturated heterocycles. The summed E-state index contributed by atoms with van der Waals surface area (Å²) in [7, 11) is 1.66. The Morgan fingerprint density at radius 2 is 1.93 bits per heavy atom. The van der Waals surface area contributed by atoms with Crippen molar-refractivity contribution >= 4 is 29.0 Å². The standard InChI is InChI=1S/C21H24N6O2/c1-15-14-23-21(26-20(15)25-19-5-3-4-8-22-19)24-17-7-6-16(13-18(17)28-2)27-9-11-29-12-10-27/h3-8,13-14H,9-12H2,1-2H3,(H2,22,23,24,25,26). The zero-order valence-corrected chi connectivity index (χ0v) is 16.6. The lowest BCUT2D eigenvalue weighted by Gasteiger charge is -2.29. The van der Waals surface area contributed by atoms with Crippen LogP contribution in [0.1, 0.15) is 5.56 Å². The first-order valence-electron chi connectivity index (χ1n) is 9.52. The van der Waals surface area contributed by atoms with Gasteiger partial charge in [-0.15, -0.1) is 0 Å². The van der Waals surface area contributed by atoms with Crippen LogP contribution in [-0.2, 0) is 4.74 Å². The highest BCUT2D eigenvalue weighted by Gasteiger charge is 2.14. The molecular weight excluding hydrogens is 368 g/mol. The van der Waals surface area contributed by atoms with E-state index in [1.807, 2.05) is 37.3 Å². The molecule has 0 bridgehead atoms. The number of morpholine rings is 1. The highest BCUT2D eigenvalue weighted by atomic mass is 16.5. The summed E-state index contributed by atoms with van der Waals surface area (Å²) in [5.74, 6) is 2.64. The number of ether oxygens (including phenoxy) is 2. The van der Waals surface area contributed by atoms with E-state index in [9.17, 15) is 0 Å². The van der Waals surface area contributed by atoms with Gasteiger partial charge >= 0.3 is 0 Å². The van der Waals surface area contributed by atoms with Gasteiger partial charge in [-0.2, -0.15) is 4.98 Å². The van der Waals surface area contributed by atoms with Crippen LogP contribution in [0.2, 0.25) is 0 Å². The van der Waals surface area contributed by atoms with Crippen molar-refractivity contribution in [1.82, 2.24) is 15.0 Å². The quantitative estimate of drug-likeness (QED) is 0.659. The van der Waals surface area contributed by atoms with Gasteiger partial charge in [-0.25, -0.2) is 9.97 Å². The topological polar surface area (TPSA) is 84.4 Å². The molecule has 4 rings (SSSR count). The second kappa shape index (κ2) is 8.74. The van der Waals surface area contributed by atoms with Crippen LogP contribution in [0.4, 0.5) is 29.0 Å². The molecule has 2 aromatic heterocycles. The van der Waals surface area contributed by atoms with Gasteiger partial charge in [0.1, 0.15) is 17.4 Å². The zero-order chi connectivity index (χ0) is 20.1. The Hall–Kier alpha value is -3.39. The molecule has 3 aromatic rings. The summed E-state index contributed by atoms with van der Waals surface area (Å²) in [4.78, 5) is 15.6. The van der Waals surface area contributed by atoms with E-state index in [2.05, 4.69) is 36.6 Å². The molecule has 1 fully saturated rings. The minimum atomic E-state index is 0.478. The molecule has 0 aliphatic carbocycles. The molecule has 0 amide bonds. The Balaban J connectivity index is 1.54. The molecule has 0 spiro atoms. The predicted octanol–water partition coefficient (Wildman–Crippen LogP) is 3.51. The summed E-state index contributed by atoms with van der Waals surface area (Å²) in [6.45, 7) is 5.18. The van der Waals surface area contributed by atoms with Crippen LogP contribution in [0.15, 0.2) is 48.8 Å². The van der Waals surface area contributed by atoms with E-state index in [4.69, 9.17) is 9.47 Å². The molecule has 0 unspecified atom stereocenters. The van der Waals surface area contributed by atoms with Gasteiger partial charge in [-0.1, -0.05) is 6.07 Å². The molecule has 3 heterocycles. The third kappa shape index (κ3) is 4.55. The lowest BCUT2D eigenvalue weighted by atomic mass is 10.2. The normalized spacial score (nSPS) is 13.8. The molecule has 0 saturated carbocycles. The molecule has 8 heteroatoms. The molecule has 8 nitrogen and oxygen atoms in total.